The maximum atomic E-state index is 10.3. The average Bonchev–Trinajstić information content (AvgIpc) is 2.52. The fourth-order valence-electron chi connectivity index (χ4n) is 2.57. The monoisotopic (exact) mass is 298 g/mol. The van der Waals surface area contributed by atoms with Crippen molar-refractivity contribution in [3.8, 4) is 5.75 Å². The maximum Gasteiger partial charge on any atom is 0.122 e. The number of aryl methyl sites for hydroxylation is 1. The number of hydrogen-bond donors (Lipinski definition) is 1. The first-order valence-electron chi connectivity index (χ1n) is 7.82. The van der Waals surface area contributed by atoms with Gasteiger partial charge in [0.25, 0.3) is 0 Å². The van der Waals surface area contributed by atoms with Crippen LogP contribution in [0.3, 0.4) is 0 Å². The van der Waals surface area contributed by atoms with Crippen LogP contribution in [0.15, 0.2) is 48.5 Å². The third-order valence-corrected chi connectivity index (χ3v) is 4.02. The molecule has 0 fully saturated rings. The van der Waals surface area contributed by atoms with E-state index in [-0.39, 0.29) is 5.41 Å². The SMILES string of the molecule is COc1ccc(C(C)(C)C)cc1CC[C@H](O)c1ccccc1. The minimum atomic E-state index is -0.441. The topological polar surface area (TPSA) is 29.5 Å². The molecule has 0 saturated carbocycles. The fourth-order valence-corrected chi connectivity index (χ4v) is 2.57. The molecule has 0 aliphatic carbocycles. The zero-order chi connectivity index (χ0) is 16.2. The second-order valence-electron chi connectivity index (χ2n) is 6.74. The van der Waals surface area contributed by atoms with Gasteiger partial charge in [-0.1, -0.05) is 63.2 Å². The zero-order valence-corrected chi connectivity index (χ0v) is 14.0. The van der Waals surface area contributed by atoms with Crippen molar-refractivity contribution in [1.29, 1.82) is 0 Å². The normalized spacial score (nSPS) is 13.0. The van der Waals surface area contributed by atoms with E-state index in [2.05, 4.69) is 32.9 Å². The Balaban J connectivity index is 2.14. The van der Waals surface area contributed by atoms with Gasteiger partial charge in [-0.05, 0) is 41.0 Å². The summed E-state index contributed by atoms with van der Waals surface area (Å²) in [4.78, 5) is 0. The van der Waals surface area contributed by atoms with Crippen LogP contribution in [0.2, 0.25) is 0 Å². The highest BCUT2D eigenvalue weighted by atomic mass is 16.5. The quantitative estimate of drug-likeness (QED) is 0.870. The molecule has 1 N–H and O–H groups in total. The highest BCUT2D eigenvalue weighted by Gasteiger charge is 2.16. The number of aliphatic hydroxyl groups excluding tert-OH is 1. The van der Waals surface area contributed by atoms with Gasteiger partial charge in [0.1, 0.15) is 5.75 Å². The van der Waals surface area contributed by atoms with Crippen molar-refractivity contribution < 1.29 is 9.84 Å². The fraction of sp³-hybridized carbons (Fsp3) is 0.400. The number of ether oxygens (including phenoxy) is 1. The zero-order valence-electron chi connectivity index (χ0n) is 14.0. The van der Waals surface area contributed by atoms with Gasteiger partial charge in [0.05, 0.1) is 13.2 Å². The number of hydrogen-bond acceptors (Lipinski definition) is 2. The summed E-state index contributed by atoms with van der Waals surface area (Å²) in [6, 6.07) is 16.2. The maximum absolute atomic E-state index is 10.3. The lowest BCUT2D eigenvalue weighted by atomic mass is 9.85. The third kappa shape index (κ3) is 4.11. The van der Waals surface area contributed by atoms with Gasteiger partial charge in [0.15, 0.2) is 0 Å². The molecule has 2 aromatic carbocycles. The van der Waals surface area contributed by atoms with Crippen molar-refractivity contribution in [2.45, 2.75) is 45.1 Å². The summed E-state index contributed by atoms with van der Waals surface area (Å²) in [6.07, 6.45) is 1.04. The number of rotatable bonds is 5. The molecule has 22 heavy (non-hydrogen) atoms. The predicted octanol–water partition coefficient (Wildman–Crippen LogP) is 4.66. The van der Waals surface area contributed by atoms with E-state index < -0.39 is 6.10 Å². The molecule has 0 aliphatic rings. The van der Waals surface area contributed by atoms with Crippen LogP contribution in [-0.4, -0.2) is 12.2 Å². The Labute approximate surface area is 133 Å². The molecular weight excluding hydrogens is 272 g/mol. The van der Waals surface area contributed by atoms with Gasteiger partial charge in [0.2, 0.25) is 0 Å². The summed E-state index contributed by atoms with van der Waals surface area (Å²) >= 11 is 0. The Morgan fingerprint density at radius 1 is 1.05 bits per heavy atom. The number of methoxy groups -OCH3 is 1. The molecule has 0 aromatic heterocycles. The molecular formula is C20H26O2. The molecule has 0 radical (unpaired) electrons. The summed E-state index contributed by atoms with van der Waals surface area (Å²) in [6.45, 7) is 6.62. The van der Waals surface area contributed by atoms with E-state index in [1.54, 1.807) is 7.11 Å². The Morgan fingerprint density at radius 2 is 1.73 bits per heavy atom. The molecule has 0 heterocycles. The Morgan fingerprint density at radius 3 is 2.32 bits per heavy atom. The first-order chi connectivity index (χ1) is 10.4. The number of aliphatic hydroxyl groups is 1. The van der Waals surface area contributed by atoms with Gasteiger partial charge >= 0.3 is 0 Å². The van der Waals surface area contributed by atoms with Crippen molar-refractivity contribution in [1.82, 2.24) is 0 Å². The van der Waals surface area contributed by atoms with E-state index in [4.69, 9.17) is 4.74 Å². The van der Waals surface area contributed by atoms with Crippen molar-refractivity contribution in [3.05, 3.63) is 65.2 Å². The lowest BCUT2D eigenvalue weighted by Gasteiger charge is -2.21. The van der Waals surface area contributed by atoms with Crippen molar-refractivity contribution in [3.63, 3.8) is 0 Å². The second kappa shape index (κ2) is 6.97. The van der Waals surface area contributed by atoms with Crippen LogP contribution in [0.4, 0.5) is 0 Å². The van der Waals surface area contributed by atoms with E-state index >= 15 is 0 Å². The average molecular weight is 298 g/mol. The highest BCUT2D eigenvalue weighted by Crippen LogP contribution is 2.30. The number of benzene rings is 2. The summed E-state index contributed by atoms with van der Waals surface area (Å²) in [5.74, 6) is 0.897. The van der Waals surface area contributed by atoms with Gasteiger partial charge < -0.3 is 9.84 Å². The molecule has 0 aliphatic heterocycles. The van der Waals surface area contributed by atoms with E-state index in [1.165, 1.54) is 5.56 Å². The van der Waals surface area contributed by atoms with Crippen LogP contribution in [0.5, 0.6) is 5.75 Å². The summed E-state index contributed by atoms with van der Waals surface area (Å²) in [5, 5.41) is 10.3. The smallest absolute Gasteiger partial charge is 0.122 e. The van der Waals surface area contributed by atoms with Crippen LogP contribution in [0.25, 0.3) is 0 Å². The van der Waals surface area contributed by atoms with Gasteiger partial charge in [-0.25, -0.2) is 0 Å². The molecule has 2 heteroatoms. The Hall–Kier alpha value is -1.80. The van der Waals surface area contributed by atoms with Crippen LogP contribution in [0, 0.1) is 0 Å². The van der Waals surface area contributed by atoms with Gasteiger partial charge in [-0.3, -0.25) is 0 Å². The molecule has 0 bridgehead atoms. The minimum absolute atomic E-state index is 0.110. The van der Waals surface area contributed by atoms with Crippen LogP contribution in [0.1, 0.15) is 50.0 Å². The van der Waals surface area contributed by atoms with Crippen LogP contribution >= 0.6 is 0 Å². The molecule has 2 rings (SSSR count). The molecule has 2 aromatic rings. The van der Waals surface area contributed by atoms with Crippen molar-refractivity contribution in [2.75, 3.05) is 7.11 Å². The van der Waals surface area contributed by atoms with Crippen LogP contribution in [-0.2, 0) is 11.8 Å². The van der Waals surface area contributed by atoms with E-state index in [1.807, 2.05) is 36.4 Å². The summed E-state index contributed by atoms with van der Waals surface area (Å²) < 4.78 is 5.47. The highest BCUT2D eigenvalue weighted by molar-refractivity contribution is 5.40. The van der Waals surface area contributed by atoms with Gasteiger partial charge in [0, 0.05) is 0 Å². The van der Waals surface area contributed by atoms with E-state index in [0.29, 0.717) is 6.42 Å². The third-order valence-electron chi connectivity index (χ3n) is 4.02. The Bertz CT molecular complexity index is 597. The van der Waals surface area contributed by atoms with Gasteiger partial charge in [-0.2, -0.15) is 0 Å². The standard InChI is InChI=1S/C20H26O2/c1-20(2,3)17-11-13-19(22-4)16(14-17)10-12-18(21)15-8-6-5-7-9-15/h5-9,11,13-14,18,21H,10,12H2,1-4H3/t18-/m0/s1. The largest absolute Gasteiger partial charge is 0.496 e. The molecule has 118 valence electrons. The summed E-state index contributed by atoms with van der Waals surface area (Å²) in [7, 11) is 1.70. The minimum Gasteiger partial charge on any atom is -0.496 e. The van der Waals surface area contributed by atoms with Crippen LogP contribution < -0.4 is 4.74 Å². The lowest BCUT2D eigenvalue weighted by molar-refractivity contribution is 0.167. The van der Waals surface area contributed by atoms with E-state index in [0.717, 1.165) is 23.3 Å². The summed E-state index contributed by atoms with van der Waals surface area (Å²) in [5.41, 5.74) is 3.52. The molecule has 1 atom stereocenters. The van der Waals surface area contributed by atoms with Crippen molar-refractivity contribution >= 4 is 0 Å². The first kappa shape index (κ1) is 16.6. The molecule has 0 spiro atoms. The molecule has 0 unspecified atom stereocenters. The first-order valence-corrected chi connectivity index (χ1v) is 7.82. The van der Waals surface area contributed by atoms with Crippen molar-refractivity contribution in [2.24, 2.45) is 0 Å². The Kier molecular flexibility index (Phi) is 5.25. The second-order valence-corrected chi connectivity index (χ2v) is 6.74. The lowest BCUT2D eigenvalue weighted by Crippen LogP contribution is -2.12. The molecule has 2 nitrogen and oxygen atoms in total. The molecule has 0 amide bonds. The van der Waals surface area contributed by atoms with Gasteiger partial charge in [-0.15, -0.1) is 0 Å². The predicted molar refractivity (Wildman–Crippen MR) is 91.4 cm³/mol. The molecule has 0 saturated heterocycles. The van der Waals surface area contributed by atoms with E-state index in [9.17, 15) is 5.11 Å².